The number of phenolic OH excluding ortho intramolecular Hbond substituents is 1. The van der Waals surface area contributed by atoms with E-state index >= 15 is 0 Å². The highest BCUT2D eigenvalue weighted by molar-refractivity contribution is 5.95. The zero-order valence-electron chi connectivity index (χ0n) is 10.8. The third kappa shape index (κ3) is 2.43. The third-order valence-corrected chi connectivity index (χ3v) is 3.93. The average Bonchev–Trinajstić information content (AvgIpc) is 2.44. The molecule has 0 aromatic heterocycles. The number of carbonyl (C=O) groups is 1. The Kier molecular flexibility index (Phi) is 3.16. The molecule has 3 rings (SSSR count). The number of carbonyl (C=O) groups excluding carboxylic acids is 1. The van der Waals surface area contributed by atoms with Crippen LogP contribution in [-0.4, -0.2) is 42.9 Å². The fraction of sp³-hybridized carbons (Fsp3) is 0.500. The molecular weight excluding hydrogens is 244 g/mol. The summed E-state index contributed by atoms with van der Waals surface area (Å²) < 4.78 is 5.81. The lowest BCUT2D eigenvalue weighted by Crippen LogP contribution is -2.58. The van der Waals surface area contributed by atoms with Crippen molar-refractivity contribution in [3.05, 3.63) is 24.3 Å². The molecule has 1 amide bonds. The van der Waals surface area contributed by atoms with E-state index in [0.29, 0.717) is 6.54 Å². The Balaban J connectivity index is 1.83. The topological polar surface area (TPSA) is 61.8 Å². The maximum absolute atomic E-state index is 12.0. The van der Waals surface area contributed by atoms with Gasteiger partial charge in [0.15, 0.2) is 0 Å². The van der Waals surface area contributed by atoms with E-state index in [9.17, 15) is 9.90 Å². The smallest absolute Gasteiger partial charge is 0.253 e. The number of rotatable bonds is 1. The van der Waals surface area contributed by atoms with E-state index in [2.05, 4.69) is 5.32 Å². The molecule has 2 fully saturated rings. The summed E-state index contributed by atoms with van der Waals surface area (Å²) >= 11 is 0. The Labute approximate surface area is 112 Å². The Morgan fingerprint density at radius 2 is 1.89 bits per heavy atom. The van der Waals surface area contributed by atoms with Crippen molar-refractivity contribution >= 4 is 11.6 Å². The second-order valence-corrected chi connectivity index (χ2v) is 5.22. The molecule has 1 aromatic carbocycles. The summed E-state index contributed by atoms with van der Waals surface area (Å²) in [6.07, 6.45) is 1.85. The number of phenols is 1. The quantitative estimate of drug-likeness (QED) is 0.788. The zero-order valence-corrected chi connectivity index (χ0v) is 10.8. The number of aromatic hydroxyl groups is 1. The number of benzene rings is 1. The Morgan fingerprint density at radius 1 is 1.21 bits per heavy atom. The molecule has 0 aliphatic carbocycles. The molecule has 0 bridgehead atoms. The first-order chi connectivity index (χ1) is 9.19. The van der Waals surface area contributed by atoms with E-state index in [1.165, 1.54) is 0 Å². The number of piperidine rings is 1. The van der Waals surface area contributed by atoms with Gasteiger partial charge in [-0.15, -0.1) is 0 Å². The van der Waals surface area contributed by atoms with Gasteiger partial charge in [-0.3, -0.25) is 4.79 Å². The predicted octanol–water partition coefficient (Wildman–Crippen LogP) is 0.878. The molecule has 0 radical (unpaired) electrons. The Bertz CT molecular complexity index is 466. The SMILES string of the molecule is O=C1COC2(CCNCC2)CN1c1ccc(O)cc1. The van der Waals surface area contributed by atoms with Crippen LogP contribution >= 0.6 is 0 Å². The molecule has 2 saturated heterocycles. The Morgan fingerprint density at radius 3 is 2.58 bits per heavy atom. The van der Waals surface area contributed by atoms with Crippen molar-refractivity contribution in [3.63, 3.8) is 0 Å². The van der Waals surface area contributed by atoms with Crippen molar-refractivity contribution in [1.29, 1.82) is 0 Å². The summed E-state index contributed by atoms with van der Waals surface area (Å²) in [6, 6.07) is 6.75. The van der Waals surface area contributed by atoms with Crippen LogP contribution in [-0.2, 0) is 9.53 Å². The van der Waals surface area contributed by atoms with Gasteiger partial charge in [-0.05, 0) is 50.2 Å². The zero-order chi connectivity index (χ0) is 13.3. The maximum Gasteiger partial charge on any atom is 0.253 e. The summed E-state index contributed by atoms with van der Waals surface area (Å²) in [5, 5.41) is 12.6. The number of nitrogens with one attached hydrogen (secondary N) is 1. The Hall–Kier alpha value is -1.59. The number of nitrogens with zero attached hydrogens (tertiary/aromatic N) is 1. The van der Waals surface area contributed by atoms with Gasteiger partial charge in [-0.2, -0.15) is 0 Å². The molecule has 0 unspecified atom stereocenters. The van der Waals surface area contributed by atoms with Crippen LogP contribution in [0, 0.1) is 0 Å². The molecule has 0 atom stereocenters. The monoisotopic (exact) mass is 262 g/mol. The van der Waals surface area contributed by atoms with Gasteiger partial charge in [0.1, 0.15) is 12.4 Å². The first kappa shape index (κ1) is 12.4. The fourth-order valence-corrected chi connectivity index (χ4v) is 2.77. The van der Waals surface area contributed by atoms with E-state index in [-0.39, 0.29) is 23.9 Å². The van der Waals surface area contributed by atoms with E-state index < -0.39 is 0 Å². The second-order valence-electron chi connectivity index (χ2n) is 5.22. The summed E-state index contributed by atoms with van der Waals surface area (Å²) in [5.41, 5.74) is 0.612. The van der Waals surface area contributed by atoms with Crippen LogP contribution in [0.15, 0.2) is 24.3 Å². The third-order valence-electron chi connectivity index (χ3n) is 3.93. The second kappa shape index (κ2) is 4.83. The van der Waals surface area contributed by atoms with Crippen molar-refractivity contribution in [1.82, 2.24) is 5.32 Å². The predicted molar refractivity (Wildman–Crippen MR) is 71.2 cm³/mol. The van der Waals surface area contributed by atoms with Crippen LogP contribution < -0.4 is 10.2 Å². The van der Waals surface area contributed by atoms with Crippen molar-refractivity contribution in [2.45, 2.75) is 18.4 Å². The van der Waals surface area contributed by atoms with Crippen molar-refractivity contribution in [2.75, 3.05) is 31.1 Å². The van der Waals surface area contributed by atoms with Crippen LogP contribution in [0.4, 0.5) is 5.69 Å². The number of anilines is 1. The molecular formula is C14H18N2O3. The molecule has 0 saturated carbocycles. The van der Waals surface area contributed by atoms with E-state index in [4.69, 9.17) is 4.74 Å². The minimum absolute atomic E-state index is 0.0187. The van der Waals surface area contributed by atoms with Gasteiger partial charge >= 0.3 is 0 Å². The van der Waals surface area contributed by atoms with Crippen molar-refractivity contribution < 1.29 is 14.6 Å². The molecule has 2 aliphatic rings. The summed E-state index contributed by atoms with van der Waals surface area (Å²) in [5.74, 6) is 0.191. The van der Waals surface area contributed by atoms with Gasteiger partial charge in [0.2, 0.25) is 0 Å². The first-order valence-corrected chi connectivity index (χ1v) is 6.63. The van der Waals surface area contributed by atoms with E-state index in [1.54, 1.807) is 29.2 Å². The molecule has 1 spiro atoms. The standard InChI is InChI=1S/C14H18N2O3/c17-12-3-1-11(2-4-12)16-10-14(19-9-13(16)18)5-7-15-8-6-14/h1-4,15,17H,5-10H2. The summed E-state index contributed by atoms with van der Waals surface area (Å²) in [6.45, 7) is 2.59. The largest absolute Gasteiger partial charge is 0.508 e. The molecule has 2 N–H and O–H groups in total. The summed E-state index contributed by atoms with van der Waals surface area (Å²) in [7, 11) is 0. The number of hydrogen-bond acceptors (Lipinski definition) is 4. The lowest BCUT2D eigenvalue weighted by molar-refractivity contribution is -0.141. The van der Waals surface area contributed by atoms with Crippen LogP contribution in [0.2, 0.25) is 0 Å². The van der Waals surface area contributed by atoms with Crippen molar-refractivity contribution in [3.8, 4) is 5.75 Å². The van der Waals surface area contributed by atoms with Gasteiger partial charge in [-0.25, -0.2) is 0 Å². The fourth-order valence-electron chi connectivity index (χ4n) is 2.77. The van der Waals surface area contributed by atoms with Crippen LogP contribution in [0.25, 0.3) is 0 Å². The average molecular weight is 262 g/mol. The van der Waals surface area contributed by atoms with Crippen LogP contribution in [0.5, 0.6) is 5.75 Å². The number of ether oxygens (including phenoxy) is 1. The minimum Gasteiger partial charge on any atom is -0.508 e. The molecule has 5 heteroatoms. The lowest BCUT2D eigenvalue weighted by atomic mass is 9.90. The minimum atomic E-state index is -0.211. The normalized spacial score (nSPS) is 22.7. The van der Waals surface area contributed by atoms with Crippen LogP contribution in [0.1, 0.15) is 12.8 Å². The number of morpholine rings is 1. The molecule has 2 heterocycles. The van der Waals surface area contributed by atoms with Crippen LogP contribution in [0.3, 0.4) is 0 Å². The summed E-state index contributed by atoms with van der Waals surface area (Å²) in [4.78, 5) is 13.8. The van der Waals surface area contributed by atoms with Gasteiger partial charge in [-0.1, -0.05) is 0 Å². The van der Waals surface area contributed by atoms with Gasteiger partial charge in [0, 0.05) is 5.69 Å². The van der Waals surface area contributed by atoms with E-state index in [1.807, 2.05) is 0 Å². The number of hydrogen-bond donors (Lipinski definition) is 2. The van der Waals surface area contributed by atoms with E-state index in [0.717, 1.165) is 31.6 Å². The highest BCUT2D eigenvalue weighted by atomic mass is 16.5. The van der Waals surface area contributed by atoms with Gasteiger partial charge < -0.3 is 20.1 Å². The molecule has 2 aliphatic heterocycles. The highest BCUT2D eigenvalue weighted by Gasteiger charge is 2.41. The maximum atomic E-state index is 12.0. The van der Waals surface area contributed by atoms with Gasteiger partial charge in [0.05, 0.1) is 12.1 Å². The van der Waals surface area contributed by atoms with Gasteiger partial charge in [0.25, 0.3) is 5.91 Å². The number of amides is 1. The molecule has 1 aromatic rings. The molecule has 5 nitrogen and oxygen atoms in total. The molecule has 19 heavy (non-hydrogen) atoms. The highest BCUT2D eigenvalue weighted by Crippen LogP contribution is 2.31. The molecule has 102 valence electrons. The first-order valence-electron chi connectivity index (χ1n) is 6.63. The van der Waals surface area contributed by atoms with Crippen molar-refractivity contribution in [2.24, 2.45) is 0 Å². The lowest BCUT2D eigenvalue weighted by Gasteiger charge is -2.44.